The number of rotatable bonds is 40. The minimum Gasteiger partial charge on any atom is -0.379 e. The van der Waals surface area contributed by atoms with E-state index in [2.05, 4.69) is 28.1 Å². The highest BCUT2D eigenvalue weighted by Gasteiger charge is 2.46. The molecule has 0 bridgehead atoms. The van der Waals surface area contributed by atoms with Crippen LogP contribution in [0.5, 0.6) is 0 Å². The second kappa shape index (κ2) is 33.7. The van der Waals surface area contributed by atoms with E-state index in [1.807, 2.05) is 57.7 Å². The normalized spacial score (nSPS) is 18.4. The van der Waals surface area contributed by atoms with Crippen molar-refractivity contribution in [1.29, 1.82) is 0 Å². The van der Waals surface area contributed by atoms with Crippen molar-refractivity contribution in [2.45, 2.75) is 135 Å². The Morgan fingerprint density at radius 2 is 1.31 bits per heavy atom. The van der Waals surface area contributed by atoms with Gasteiger partial charge in [0.25, 0.3) is 11.8 Å². The number of likely N-dealkylation sites (tertiary alicyclic amines) is 1. The second-order valence-electron chi connectivity index (χ2n) is 21.4. The van der Waals surface area contributed by atoms with Gasteiger partial charge in [-0.05, 0) is 56.9 Å². The molecule has 1 saturated heterocycles. The molecule has 3 N–H and O–H groups in total. The van der Waals surface area contributed by atoms with Crippen molar-refractivity contribution in [3.05, 3.63) is 48.0 Å². The third-order valence-electron chi connectivity index (χ3n) is 15.0. The number of nitrogens with zero attached hydrogens (tertiary/aromatic N) is 3. The molecule has 1 aromatic carbocycles. The number of hydrogen-bond acceptors (Lipinski definition) is 15. The lowest BCUT2D eigenvalue weighted by Gasteiger charge is -2.41. The maximum atomic E-state index is 14.5. The van der Waals surface area contributed by atoms with Crippen LogP contribution in [0.2, 0.25) is 0 Å². The van der Waals surface area contributed by atoms with Crippen LogP contribution in [0.4, 0.5) is 0 Å². The summed E-state index contributed by atoms with van der Waals surface area (Å²) in [7, 11) is 4.81. The largest absolute Gasteiger partial charge is 0.379 e. The molecule has 1 aromatic rings. The molecule has 2 fully saturated rings. The smallest absolute Gasteiger partial charge is 0.253 e. The van der Waals surface area contributed by atoms with Crippen LogP contribution < -0.4 is 16.0 Å². The summed E-state index contributed by atoms with van der Waals surface area (Å²) in [5.41, 5.74) is -0.190. The number of ether oxygens (including phenoxy) is 8. The molecular formula is C57H92N6O15. The molecule has 1 saturated carbocycles. The zero-order valence-corrected chi connectivity index (χ0v) is 48.2. The van der Waals surface area contributed by atoms with E-state index in [1.165, 1.54) is 17.7 Å². The Balaban J connectivity index is 1.13. The van der Waals surface area contributed by atoms with Crippen molar-refractivity contribution in [1.82, 2.24) is 30.7 Å². The van der Waals surface area contributed by atoms with Crippen molar-refractivity contribution >= 4 is 41.4 Å². The van der Waals surface area contributed by atoms with Gasteiger partial charge in [0.1, 0.15) is 11.6 Å². The van der Waals surface area contributed by atoms with Crippen LogP contribution in [-0.2, 0) is 76.9 Å². The van der Waals surface area contributed by atoms with Gasteiger partial charge in [0, 0.05) is 58.3 Å². The van der Waals surface area contributed by atoms with Gasteiger partial charge in [-0.1, -0.05) is 71.4 Å². The Labute approximate surface area is 462 Å². The Morgan fingerprint density at radius 3 is 1.81 bits per heavy atom. The quantitative estimate of drug-likeness (QED) is 0.0632. The van der Waals surface area contributed by atoms with Crippen molar-refractivity contribution in [3.8, 4) is 0 Å². The molecule has 4 rings (SSSR count). The van der Waals surface area contributed by atoms with Gasteiger partial charge in [-0.3, -0.25) is 38.5 Å². The maximum absolute atomic E-state index is 14.5. The zero-order valence-electron chi connectivity index (χ0n) is 48.2. The van der Waals surface area contributed by atoms with Gasteiger partial charge in [-0.15, -0.1) is 0 Å². The lowest BCUT2D eigenvalue weighted by molar-refractivity contribution is -0.148. The van der Waals surface area contributed by atoms with Crippen LogP contribution in [-0.4, -0.2) is 212 Å². The number of nitrogens with one attached hydrogen (secondary N) is 3. The van der Waals surface area contributed by atoms with Crippen molar-refractivity contribution in [2.75, 3.05) is 120 Å². The number of methoxy groups -OCH3 is 2. The van der Waals surface area contributed by atoms with Gasteiger partial charge in [0.05, 0.1) is 122 Å². The van der Waals surface area contributed by atoms with E-state index in [0.717, 1.165) is 24.2 Å². The van der Waals surface area contributed by atoms with E-state index in [-0.39, 0.29) is 92.0 Å². The first-order valence-corrected chi connectivity index (χ1v) is 27.9. The predicted molar refractivity (Wildman–Crippen MR) is 291 cm³/mol. The molecule has 7 amide bonds. The number of carbonyl (C=O) groups is 7. The number of imide groups is 1. The first-order chi connectivity index (χ1) is 37.3. The van der Waals surface area contributed by atoms with Crippen LogP contribution >= 0.6 is 0 Å². The minimum atomic E-state index is -1.37. The van der Waals surface area contributed by atoms with Gasteiger partial charge in [-0.25, -0.2) is 0 Å². The third-order valence-corrected chi connectivity index (χ3v) is 15.0. The van der Waals surface area contributed by atoms with Gasteiger partial charge in [-0.2, -0.15) is 0 Å². The molecule has 0 radical (unpaired) electrons. The Morgan fingerprint density at radius 1 is 0.769 bits per heavy atom. The Bertz CT molecular complexity index is 2050. The van der Waals surface area contributed by atoms with Crippen LogP contribution in [0.3, 0.4) is 0 Å². The van der Waals surface area contributed by atoms with Crippen LogP contribution in [0, 0.1) is 17.8 Å². The van der Waals surface area contributed by atoms with Crippen molar-refractivity contribution in [2.24, 2.45) is 17.8 Å². The average molecular weight is 1100 g/mol. The molecule has 21 heteroatoms. The van der Waals surface area contributed by atoms with E-state index >= 15 is 0 Å². The summed E-state index contributed by atoms with van der Waals surface area (Å²) in [4.78, 5) is 96.9. The molecule has 78 heavy (non-hydrogen) atoms. The third kappa shape index (κ3) is 20.3. The van der Waals surface area contributed by atoms with Gasteiger partial charge < -0.3 is 63.6 Å². The fourth-order valence-electron chi connectivity index (χ4n) is 9.93. The fourth-order valence-corrected chi connectivity index (χ4v) is 9.93. The minimum absolute atomic E-state index is 0.000649. The molecule has 440 valence electrons. The highest BCUT2D eigenvalue weighted by Crippen LogP contribution is 2.47. The highest BCUT2D eigenvalue weighted by molar-refractivity contribution is 6.12. The van der Waals surface area contributed by atoms with Crippen molar-refractivity contribution < 1.29 is 71.5 Å². The van der Waals surface area contributed by atoms with E-state index < -0.39 is 47.6 Å². The number of benzene rings is 1. The monoisotopic (exact) mass is 1100 g/mol. The highest BCUT2D eigenvalue weighted by atomic mass is 16.6. The van der Waals surface area contributed by atoms with E-state index in [1.54, 1.807) is 40.0 Å². The summed E-state index contributed by atoms with van der Waals surface area (Å²) < 4.78 is 45.0. The predicted octanol–water partition coefficient (Wildman–Crippen LogP) is 3.21. The van der Waals surface area contributed by atoms with Crippen LogP contribution in [0.15, 0.2) is 42.5 Å². The first kappa shape index (κ1) is 65.6. The van der Waals surface area contributed by atoms with Crippen molar-refractivity contribution in [3.63, 3.8) is 0 Å². The second-order valence-corrected chi connectivity index (χ2v) is 21.4. The van der Waals surface area contributed by atoms with Gasteiger partial charge in [0.15, 0.2) is 0 Å². The Kier molecular flexibility index (Phi) is 28.3. The Hall–Kier alpha value is -4.87. The zero-order chi connectivity index (χ0) is 57.3. The molecule has 2 heterocycles. The molecule has 1 aliphatic carbocycles. The van der Waals surface area contributed by atoms with E-state index in [0.29, 0.717) is 85.4 Å². The maximum Gasteiger partial charge on any atom is 0.253 e. The average Bonchev–Trinajstić information content (AvgIpc) is 4.00. The lowest BCUT2D eigenvalue weighted by atomic mass is 9.89. The molecule has 21 nitrogen and oxygen atoms in total. The molecule has 0 aromatic heterocycles. The molecule has 0 unspecified atom stereocenters. The summed E-state index contributed by atoms with van der Waals surface area (Å²) in [6, 6.07) is 8.46. The number of likely N-dealkylation sites (N-methyl/N-ethyl adjacent to an activating group) is 1. The molecule has 0 spiro atoms. The number of hydrogen-bond donors (Lipinski definition) is 3. The van der Waals surface area contributed by atoms with Crippen LogP contribution in [0.1, 0.15) is 99.0 Å². The fraction of sp³-hybridized carbons (Fsp3) is 0.737. The molecular weight excluding hydrogens is 1010 g/mol. The van der Waals surface area contributed by atoms with Gasteiger partial charge >= 0.3 is 0 Å². The molecule has 7 atom stereocenters. The summed E-state index contributed by atoms with van der Waals surface area (Å²) in [6.07, 6.45) is 5.42. The van der Waals surface area contributed by atoms with E-state index in [4.69, 9.17) is 37.9 Å². The summed E-state index contributed by atoms with van der Waals surface area (Å²) >= 11 is 0. The summed E-state index contributed by atoms with van der Waals surface area (Å²) in [5, 5.41) is 8.88. The topological polar surface area (TPSA) is 239 Å². The van der Waals surface area contributed by atoms with Gasteiger partial charge in [0.2, 0.25) is 29.5 Å². The summed E-state index contributed by atoms with van der Waals surface area (Å²) in [5.74, 6) is -3.14. The lowest BCUT2D eigenvalue weighted by Crippen LogP contribution is -2.62. The standard InChI is InChI=1S/C57H92N6O15/c1-11-41(4)51(45(71-9)38-49(67)62-24-15-18-44(62)52(72-10)42(5)53(68)58-39-57(22-23-57)43-16-13-12-14-17-43)61(8)54(69)50(40(2)3)59-55(70)56(6,7)60-46(64)21-26-73-28-30-75-32-34-77-36-37-78-35-33-76-31-29-74-27-25-63-47(65)19-20-48(63)66/h12-14,16-17,19-20,40-42,44-45,50-52H,11,15,18,21-39H2,1-10H3,(H,58,68)(H,59,70)(H,60,64)/t41-,42+,44-,45+,50-,51-,52+/m0/s1. The first-order valence-electron chi connectivity index (χ1n) is 27.9. The SMILES string of the molecule is CC[C@H](C)[C@@H]([C@@H](CC(=O)N1CCC[C@H]1[C@H](OC)[C@@H](C)C(=O)NCC1(c2ccccc2)CC1)OC)N(C)C(=O)[C@@H](NC(=O)C(C)(C)NC(=O)CCOCCOCCOCCOCCOCCOCCN1C(=O)C=CC1=O)C(C)C. The molecule has 3 aliphatic rings. The van der Waals surface area contributed by atoms with Crippen LogP contribution in [0.25, 0.3) is 0 Å². The van der Waals surface area contributed by atoms with E-state index in [9.17, 15) is 33.6 Å². The molecule has 2 aliphatic heterocycles. The summed E-state index contributed by atoms with van der Waals surface area (Å²) in [6.45, 7) is 17.8. The number of amides is 7. The number of carbonyl (C=O) groups excluding carboxylic acids is 7.